The van der Waals surface area contributed by atoms with E-state index in [4.69, 9.17) is 4.74 Å². The molecule has 5 rings (SSSR count). The topological polar surface area (TPSA) is 74.4 Å². The first-order valence-corrected chi connectivity index (χ1v) is 11.7. The highest BCUT2D eigenvalue weighted by Gasteiger charge is 2.36. The fraction of sp³-hybridized carbons (Fsp3) is 0.423. The second-order valence-corrected chi connectivity index (χ2v) is 9.27. The first-order chi connectivity index (χ1) is 16.3. The molecule has 1 atom stereocenters. The number of alkyl halides is 3. The number of benzene rings is 2. The molecular weight excluding hydrogens is 445 g/mol. The number of aromatic amines is 1. The Morgan fingerprint density at radius 2 is 1.91 bits per heavy atom. The third-order valence-corrected chi connectivity index (χ3v) is 7.03. The van der Waals surface area contributed by atoms with E-state index < -0.39 is 17.7 Å². The predicted octanol–water partition coefficient (Wildman–Crippen LogP) is 6.08. The van der Waals surface area contributed by atoms with E-state index in [1.54, 1.807) is 18.2 Å². The summed E-state index contributed by atoms with van der Waals surface area (Å²) in [5.41, 5.74) is 3.16. The van der Waals surface area contributed by atoms with Gasteiger partial charge >= 0.3 is 12.1 Å². The predicted molar refractivity (Wildman–Crippen MR) is 122 cm³/mol. The van der Waals surface area contributed by atoms with Crippen LogP contribution in [-0.4, -0.2) is 22.6 Å². The minimum Gasteiger partial charge on any atom is -0.489 e. The van der Waals surface area contributed by atoms with Crippen LogP contribution in [0.4, 0.5) is 13.2 Å². The molecule has 1 aromatic heterocycles. The summed E-state index contributed by atoms with van der Waals surface area (Å²) in [6.07, 6.45) is -0.0757. The molecule has 0 unspecified atom stereocenters. The monoisotopic (exact) mass is 472 g/mol. The van der Waals surface area contributed by atoms with E-state index in [1.165, 1.54) is 6.07 Å². The summed E-state index contributed by atoms with van der Waals surface area (Å²) < 4.78 is 47.2. The number of aliphatic carboxylic acids is 1. The van der Waals surface area contributed by atoms with Crippen molar-refractivity contribution in [2.45, 2.75) is 63.3 Å². The molecule has 2 aliphatic rings. The fourth-order valence-corrected chi connectivity index (χ4v) is 5.42. The molecule has 3 aromatic rings. The van der Waals surface area contributed by atoms with Crippen molar-refractivity contribution in [3.05, 3.63) is 64.3 Å². The number of aromatic nitrogens is 1. The summed E-state index contributed by atoms with van der Waals surface area (Å²) in [4.78, 5) is 14.5. The van der Waals surface area contributed by atoms with Crippen LogP contribution in [0.2, 0.25) is 0 Å². The average Bonchev–Trinajstić information content (AvgIpc) is 3.45. The minimum atomic E-state index is -4.39. The van der Waals surface area contributed by atoms with Crippen molar-refractivity contribution in [3.63, 3.8) is 0 Å². The summed E-state index contributed by atoms with van der Waals surface area (Å²) in [5.74, 6) is -0.325. The van der Waals surface area contributed by atoms with Gasteiger partial charge < -0.3 is 20.1 Å². The number of fused-ring (bicyclic) bond motifs is 3. The largest absolute Gasteiger partial charge is 0.489 e. The van der Waals surface area contributed by atoms with Gasteiger partial charge in [-0.3, -0.25) is 4.79 Å². The Balaban J connectivity index is 1.37. The van der Waals surface area contributed by atoms with Crippen LogP contribution < -0.4 is 10.1 Å². The Hall–Kier alpha value is -3.00. The van der Waals surface area contributed by atoms with E-state index in [0.29, 0.717) is 23.4 Å². The first kappa shape index (κ1) is 22.8. The smallest absolute Gasteiger partial charge is 0.416 e. The van der Waals surface area contributed by atoms with Crippen LogP contribution in [0.25, 0.3) is 10.9 Å². The third-order valence-electron chi connectivity index (χ3n) is 7.03. The number of carboxylic acid groups (broad SMARTS) is 1. The number of halogens is 3. The van der Waals surface area contributed by atoms with Gasteiger partial charge in [-0.15, -0.1) is 0 Å². The van der Waals surface area contributed by atoms with Gasteiger partial charge in [0, 0.05) is 16.6 Å². The Morgan fingerprint density at radius 3 is 2.65 bits per heavy atom. The Kier molecular flexibility index (Phi) is 6.02. The molecular formula is C26H27F3N2O3. The molecule has 0 radical (unpaired) electrons. The molecule has 2 heterocycles. The Labute approximate surface area is 195 Å². The molecule has 1 fully saturated rings. The van der Waals surface area contributed by atoms with Crippen LogP contribution in [0.3, 0.4) is 0 Å². The average molecular weight is 473 g/mol. The number of H-pyrrole nitrogens is 1. The van der Waals surface area contributed by atoms with Crippen molar-refractivity contribution >= 4 is 16.9 Å². The van der Waals surface area contributed by atoms with Gasteiger partial charge in [0.15, 0.2) is 0 Å². The zero-order chi connectivity index (χ0) is 23.9. The van der Waals surface area contributed by atoms with Crippen LogP contribution >= 0.6 is 0 Å². The van der Waals surface area contributed by atoms with Crippen LogP contribution in [0.5, 0.6) is 5.75 Å². The molecule has 0 bridgehead atoms. The van der Waals surface area contributed by atoms with Crippen molar-refractivity contribution < 1.29 is 27.8 Å². The molecule has 180 valence electrons. The zero-order valence-electron chi connectivity index (χ0n) is 18.7. The van der Waals surface area contributed by atoms with E-state index in [0.717, 1.165) is 54.3 Å². The van der Waals surface area contributed by atoms with Crippen molar-refractivity contribution in [2.24, 2.45) is 0 Å². The van der Waals surface area contributed by atoms with E-state index in [9.17, 15) is 23.1 Å². The number of hydrogen-bond donors (Lipinski definition) is 3. The number of hydrogen-bond acceptors (Lipinski definition) is 3. The number of nitrogens with one attached hydrogen (secondary N) is 2. The second kappa shape index (κ2) is 8.98. The van der Waals surface area contributed by atoms with Gasteiger partial charge in [0.2, 0.25) is 0 Å². The molecule has 5 nitrogen and oxygen atoms in total. The number of rotatable bonds is 6. The summed E-state index contributed by atoms with van der Waals surface area (Å²) in [7, 11) is 0. The number of carbonyl (C=O) groups is 1. The highest BCUT2D eigenvalue weighted by atomic mass is 19.4. The maximum Gasteiger partial charge on any atom is 0.416 e. The van der Waals surface area contributed by atoms with Gasteiger partial charge in [-0.2, -0.15) is 13.2 Å². The molecule has 34 heavy (non-hydrogen) atoms. The second-order valence-electron chi connectivity index (χ2n) is 9.27. The molecule has 0 spiro atoms. The van der Waals surface area contributed by atoms with Gasteiger partial charge in [-0.1, -0.05) is 25.0 Å². The first-order valence-electron chi connectivity index (χ1n) is 11.7. The summed E-state index contributed by atoms with van der Waals surface area (Å²) in [5, 5.41) is 13.4. The molecule has 3 N–H and O–H groups in total. The maximum atomic E-state index is 13.8. The van der Waals surface area contributed by atoms with Gasteiger partial charge in [0.1, 0.15) is 12.4 Å². The molecule has 1 saturated carbocycles. The van der Waals surface area contributed by atoms with Crippen LogP contribution in [0.1, 0.15) is 72.0 Å². The lowest BCUT2D eigenvalue weighted by molar-refractivity contribution is -0.139. The zero-order valence-corrected chi connectivity index (χ0v) is 18.7. The minimum absolute atomic E-state index is 0.0123. The van der Waals surface area contributed by atoms with Crippen LogP contribution in [-0.2, 0) is 24.0 Å². The molecule has 2 aromatic carbocycles. The van der Waals surface area contributed by atoms with E-state index in [1.807, 2.05) is 12.1 Å². The standard InChI is InChI=1S/C26H27F3N2O3/c27-26(28,29)21-11-15(5-7-18(21)16-3-1-2-4-16)14-34-17-6-8-22-20(12-17)19-9-10-30-23(13-24(32)33)25(19)31-22/h5-8,11-12,16,23,30-31H,1-4,9-10,13-14H2,(H,32,33)/t23-/m1/s1. The summed E-state index contributed by atoms with van der Waals surface area (Å²) >= 11 is 0. The quantitative estimate of drug-likeness (QED) is 0.406. The number of carboxylic acids is 1. The van der Waals surface area contributed by atoms with E-state index in [-0.39, 0.29) is 25.0 Å². The molecule has 0 amide bonds. The Bertz CT molecular complexity index is 1210. The molecule has 8 heteroatoms. The van der Waals surface area contributed by atoms with Crippen molar-refractivity contribution in [2.75, 3.05) is 6.54 Å². The van der Waals surface area contributed by atoms with Gasteiger partial charge in [0.25, 0.3) is 0 Å². The van der Waals surface area contributed by atoms with E-state index in [2.05, 4.69) is 10.3 Å². The third kappa shape index (κ3) is 4.51. The van der Waals surface area contributed by atoms with Crippen molar-refractivity contribution in [1.82, 2.24) is 10.3 Å². The molecule has 0 saturated heterocycles. The van der Waals surface area contributed by atoms with Gasteiger partial charge in [0.05, 0.1) is 18.0 Å². The summed E-state index contributed by atoms with van der Waals surface area (Å²) in [6.45, 7) is 0.714. The summed E-state index contributed by atoms with van der Waals surface area (Å²) in [6, 6.07) is 9.84. The van der Waals surface area contributed by atoms with Gasteiger partial charge in [-0.05, 0) is 72.7 Å². The lowest BCUT2D eigenvalue weighted by Gasteiger charge is -2.22. The lowest BCUT2D eigenvalue weighted by atomic mass is 9.91. The maximum absolute atomic E-state index is 13.8. The highest BCUT2D eigenvalue weighted by molar-refractivity contribution is 5.86. The van der Waals surface area contributed by atoms with Crippen LogP contribution in [0.15, 0.2) is 36.4 Å². The molecule has 1 aliphatic heterocycles. The van der Waals surface area contributed by atoms with Crippen molar-refractivity contribution in [1.29, 1.82) is 0 Å². The normalized spacial score (nSPS) is 18.9. The number of ether oxygens (including phenoxy) is 1. The van der Waals surface area contributed by atoms with Gasteiger partial charge in [-0.25, -0.2) is 0 Å². The lowest BCUT2D eigenvalue weighted by Crippen LogP contribution is -2.31. The highest BCUT2D eigenvalue weighted by Crippen LogP contribution is 2.42. The van der Waals surface area contributed by atoms with Crippen molar-refractivity contribution in [3.8, 4) is 5.75 Å². The Morgan fingerprint density at radius 1 is 1.12 bits per heavy atom. The van der Waals surface area contributed by atoms with Crippen LogP contribution in [0, 0.1) is 0 Å². The fourth-order valence-electron chi connectivity index (χ4n) is 5.42. The molecule has 1 aliphatic carbocycles. The SMILES string of the molecule is O=C(O)C[C@H]1NCCc2c1[nH]c1ccc(OCc3ccc(C4CCCC4)c(C(F)(F)F)c3)cc21. The van der Waals surface area contributed by atoms with E-state index >= 15 is 0 Å².